The van der Waals surface area contributed by atoms with E-state index >= 15 is 0 Å². The number of methoxy groups -OCH3 is 1. The number of nitrogens with zero attached hydrogens (tertiary/aromatic N) is 6. The van der Waals surface area contributed by atoms with Crippen molar-refractivity contribution in [3.05, 3.63) is 54.1 Å². The molecule has 0 bridgehead atoms. The highest BCUT2D eigenvalue weighted by Crippen LogP contribution is 2.28. The van der Waals surface area contributed by atoms with E-state index in [9.17, 15) is 4.79 Å². The first kappa shape index (κ1) is 18.0. The third-order valence-corrected chi connectivity index (χ3v) is 4.98. The van der Waals surface area contributed by atoms with E-state index in [4.69, 9.17) is 4.74 Å². The summed E-state index contributed by atoms with van der Waals surface area (Å²) in [5.41, 5.74) is 2.53. The molecule has 0 aliphatic carbocycles. The molecule has 1 amide bonds. The van der Waals surface area contributed by atoms with Crippen molar-refractivity contribution in [2.24, 2.45) is 7.05 Å². The zero-order chi connectivity index (χ0) is 19.5. The largest absolute Gasteiger partial charge is 0.495 e. The molecule has 144 valence electrons. The number of ether oxygens (including phenoxy) is 1. The summed E-state index contributed by atoms with van der Waals surface area (Å²) in [6.07, 6.45) is 0. The standard InChI is InChI=1S/C20H22N6O2/c1-24-19(21-22-23-24)15-6-5-7-16(14-15)20(27)26-12-10-25(11-13-26)17-8-3-4-9-18(17)28-2/h3-9,14H,10-13H2,1-2H3. The van der Waals surface area contributed by atoms with E-state index in [0.717, 1.165) is 30.1 Å². The zero-order valence-electron chi connectivity index (χ0n) is 15.9. The molecule has 4 rings (SSSR count). The fourth-order valence-corrected chi connectivity index (χ4v) is 3.49. The smallest absolute Gasteiger partial charge is 0.253 e. The number of hydrogen-bond donors (Lipinski definition) is 0. The normalized spacial score (nSPS) is 14.2. The van der Waals surface area contributed by atoms with Crippen LogP contribution in [0.2, 0.25) is 0 Å². The van der Waals surface area contributed by atoms with E-state index in [-0.39, 0.29) is 5.91 Å². The molecule has 3 aromatic rings. The zero-order valence-corrected chi connectivity index (χ0v) is 15.9. The number of hydrogen-bond acceptors (Lipinski definition) is 6. The van der Waals surface area contributed by atoms with Gasteiger partial charge in [-0.25, -0.2) is 4.68 Å². The van der Waals surface area contributed by atoms with E-state index < -0.39 is 0 Å². The molecular formula is C20H22N6O2. The highest BCUT2D eigenvalue weighted by Gasteiger charge is 2.24. The van der Waals surface area contributed by atoms with Gasteiger partial charge in [-0.2, -0.15) is 0 Å². The fourth-order valence-electron chi connectivity index (χ4n) is 3.49. The molecule has 1 aliphatic heterocycles. The molecule has 0 N–H and O–H groups in total. The van der Waals surface area contributed by atoms with Crippen molar-refractivity contribution in [3.63, 3.8) is 0 Å². The molecule has 2 aromatic carbocycles. The Balaban J connectivity index is 1.47. The lowest BCUT2D eigenvalue weighted by molar-refractivity contribution is 0.0746. The van der Waals surface area contributed by atoms with Gasteiger partial charge in [0.15, 0.2) is 5.82 Å². The molecule has 8 heteroatoms. The van der Waals surface area contributed by atoms with Crippen LogP contribution in [-0.4, -0.2) is 64.3 Å². The van der Waals surface area contributed by atoms with Gasteiger partial charge in [-0.05, 0) is 34.7 Å². The second-order valence-electron chi connectivity index (χ2n) is 6.66. The quantitative estimate of drug-likeness (QED) is 0.690. The molecule has 8 nitrogen and oxygen atoms in total. The van der Waals surface area contributed by atoms with Gasteiger partial charge in [-0.15, -0.1) is 5.10 Å². The third-order valence-electron chi connectivity index (χ3n) is 4.98. The summed E-state index contributed by atoms with van der Waals surface area (Å²) in [6.45, 7) is 2.84. The van der Waals surface area contributed by atoms with Gasteiger partial charge in [0.25, 0.3) is 5.91 Å². The molecule has 0 saturated carbocycles. The lowest BCUT2D eigenvalue weighted by Gasteiger charge is -2.36. The van der Waals surface area contributed by atoms with Crippen LogP contribution in [-0.2, 0) is 7.05 Å². The summed E-state index contributed by atoms with van der Waals surface area (Å²) in [4.78, 5) is 17.1. The van der Waals surface area contributed by atoms with Gasteiger partial charge >= 0.3 is 0 Å². The number of tetrazole rings is 1. The summed E-state index contributed by atoms with van der Waals surface area (Å²) in [5, 5.41) is 11.5. The average Bonchev–Trinajstić information content (AvgIpc) is 3.19. The number of carbonyl (C=O) groups is 1. The van der Waals surface area contributed by atoms with Gasteiger partial charge in [0.1, 0.15) is 5.75 Å². The molecular weight excluding hydrogens is 356 g/mol. The maximum Gasteiger partial charge on any atom is 0.253 e. The third kappa shape index (κ3) is 3.40. The summed E-state index contributed by atoms with van der Waals surface area (Å²) in [7, 11) is 3.46. The lowest BCUT2D eigenvalue weighted by atomic mass is 10.1. The van der Waals surface area contributed by atoms with E-state index in [1.54, 1.807) is 18.8 Å². The van der Waals surface area contributed by atoms with E-state index in [1.165, 1.54) is 0 Å². The first-order valence-electron chi connectivity index (χ1n) is 9.17. The van der Waals surface area contributed by atoms with Crippen LogP contribution in [0.3, 0.4) is 0 Å². The number of rotatable bonds is 4. The molecule has 1 saturated heterocycles. The molecule has 0 spiro atoms. The van der Waals surface area contributed by atoms with Crippen LogP contribution >= 0.6 is 0 Å². The Morgan fingerprint density at radius 2 is 1.82 bits per heavy atom. The number of piperazine rings is 1. The molecule has 0 radical (unpaired) electrons. The summed E-state index contributed by atoms with van der Waals surface area (Å²) < 4.78 is 7.05. The number of aryl methyl sites for hydroxylation is 1. The number of amides is 1. The Morgan fingerprint density at radius 3 is 2.54 bits per heavy atom. The van der Waals surface area contributed by atoms with Crippen molar-refractivity contribution in [3.8, 4) is 17.1 Å². The Hall–Kier alpha value is -3.42. The first-order chi connectivity index (χ1) is 13.7. The minimum atomic E-state index is 0.0247. The number of benzene rings is 2. The van der Waals surface area contributed by atoms with Crippen LogP contribution in [0.5, 0.6) is 5.75 Å². The number of anilines is 1. The van der Waals surface area contributed by atoms with Crippen LogP contribution < -0.4 is 9.64 Å². The highest BCUT2D eigenvalue weighted by molar-refractivity contribution is 5.95. The second kappa shape index (κ2) is 7.67. The van der Waals surface area contributed by atoms with E-state index in [0.29, 0.717) is 24.5 Å². The first-order valence-corrected chi connectivity index (χ1v) is 9.17. The van der Waals surface area contributed by atoms with Crippen molar-refractivity contribution in [2.45, 2.75) is 0 Å². The van der Waals surface area contributed by atoms with Crippen LogP contribution in [0.15, 0.2) is 48.5 Å². The van der Waals surface area contributed by atoms with Gasteiger partial charge in [-0.1, -0.05) is 24.3 Å². The Kier molecular flexibility index (Phi) is 4.92. The molecule has 28 heavy (non-hydrogen) atoms. The van der Waals surface area contributed by atoms with Crippen molar-refractivity contribution in [1.82, 2.24) is 25.1 Å². The fraction of sp³-hybridized carbons (Fsp3) is 0.300. The van der Waals surface area contributed by atoms with Crippen LogP contribution in [0.1, 0.15) is 10.4 Å². The van der Waals surface area contributed by atoms with Crippen molar-refractivity contribution >= 4 is 11.6 Å². The number of carbonyl (C=O) groups excluding carboxylic acids is 1. The Labute approximate surface area is 163 Å². The van der Waals surface area contributed by atoms with Gasteiger partial charge in [0.2, 0.25) is 0 Å². The Bertz CT molecular complexity index is 978. The van der Waals surface area contributed by atoms with Gasteiger partial charge in [0.05, 0.1) is 12.8 Å². The molecule has 0 unspecified atom stereocenters. The van der Waals surface area contributed by atoms with E-state index in [2.05, 4.69) is 26.5 Å². The van der Waals surface area contributed by atoms with Crippen LogP contribution in [0, 0.1) is 0 Å². The maximum atomic E-state index is 13.0. The van der Waals surface area contributed by atoms with Crippen LogP contribution in [0.4, 0.5) is 5.69 Å². The molecule has 1 aliphatic rings. The van der Waals surface area contributed by atoms with Gasteiger partial charge in [-0.3, -0.25) is 4.79 Å². The molecule has 1 aromatic heterocycles. The predicted octanol–water partition coefficient (Wildman–Crippen LogP) is 1.85. The summed E-state index contributed by atoms with van der Waals surface area (Å²) in [5.74, 6) is 1.51. The van der Waals surface area contributed by atoms with Crippen molar-refractivity contribution < 1.29 is 9.53 Å². The number of aromatic nitrogens is 4. The van der Waals surface area contributed by atoms with Crippen molar-refractivity contribution in [1.29, 1.82) is 0 Å². The second-order valence-corrected chi connectivity index (χ2v) is 6.66. The maximum absolute atomic E-state index is 13.0. The summed E-state index contributed by atoms with van der Waals surface area (Å²) in [6, 6.07) is 15.4. The molecule has 0 atom stereocenters. The van der Waals surface area contributed by atoms with Gasteiger partial charge in [0, 0.05) is 44.4 Å². The lowest BCUT2D eigenvalue weighted by Crippen LogP contribution is -2.48. The highest BCUT2D eigenvalue weighted by atomic mass is 16.5. The average molecular weight is 378 g/mol. The van der Waals surface area contributed by atoms with Crippen LogP contribution in [0.25, 0.3) is 11.4 Å². The van der Waals surface area contributed by atoms with Crippen molar-refractivity contribution in [2.75, 3.05) is 38.2 Å². The van der Waals surface area contributed by atoms with Gasteiger partial charge < -0.3 is 14.5 Å². The minimum absolute atomic E-state index is 0.0247. The monoisotopic (exact) mass is 378 g/mol. The van der Waals surface area contributed by atoms with E-state index in [1.807, 2.05) is 47.4 Å². The molecule has 2 heterocycles. The minimum Gasteiger partial charge on any atom is -0.495 e. The Morgan fingerprint density at radius 1 is 1.04 bits per heavy atom. The molecule has 1 fully saturated rings. The predicted molar refractivity (Wildman–Crippen MR) is 105 cm³/mol. The number of para-hydroxylation sites is 2. The SMILES string of the molecule is COc1ccccc1N1CCN(C(=O)c2cccc(-c3nnnn3C)c2)CC1. The summed E-state index contributed by atoms with van der Waals surface area (Å²) >= 11 is 0. The topological polar surface area (TPSA) is 76.4 Å².